The van der Waals surface area contributed by atoms with Crippen molar-refractivity contribution in [1.29, 1.82) is 0 Å². The van der Waals surface area contributed by atoms with E-state index in [0.717, 1.165) is 27.4 Å². The normalized spacial score (nSPS) is 11.7. The highest BCUT2D eigenvalue weighted by Gasteiger charge is 2.22. The SMILES string of the molecule is CS(=O)(=O)c1cc(-c2ccc(Cl)cc2)c(-c2ccc(Br)cc2)c(-n2ncc3c(=O)[nH]cnc32)c1. The summed E-state index contributed by atoms with van der Waals surface area (Å²) in [5.41, 5.74) is 3.46. The average Bonchev–Trinajstić information content (AvgIpc) is 3.24. The predicted molar refractivity (Wildman–Crippen MR) is 136 cm³/mol. The molecule has 0 aliphatic carbocycles. The fourth-order valence-electron chi connectivity index (χ4n) is 3.79. The summed E-state index contributed by atoms with van der Waals surface area (Å²) >= 11 is 9.58. The number of rotatable bonds is 4. The van der Waals surface area contributed by atoms with Crippen molar-refractivity contribution in [3.63, 3.8) is 0 Å². The molecule has 5 aromatic rings. The van der Waals surface area contributed by atoms with Crippen LogP contribution in [0.15, 0.2) is 87.4 Å². The van der Waals surface area contributed by atoms with E-state index >= 15 is 0 Å². The molecule has 0 saturated heterocycles. The van der Waals surface area contributed by atoms with Gasteiger partial charge in [0.25, 0.3) is 5.56 Å². The lowest BCUT2D eigenvalue weighted by Crippen LogP contribution is -2.08. The van der Waals surface area contributed by atoms with Crippen LogP contribution in [0.1, 0.15) is 0 Å². The molecule has 2 heterocycles. The highest BCUT2D eigenvalue weighted by molar-refractivity contribution is 9.10. The van der Waals surface area contributed by atoms with Gasteiger partial charge in [0.2, 0.25) is 0 Å². The summed E-state index contributed by atoms with van der Waals surface area (Å²) in [6.45, 7) is 0. The maximum Gasteiger partial charge on any atom is 0.261 e. The molecule has 0 unspecified atom stereocenters. The zero-order valence-corrected chi connectivity index (χ0v) is 20.8. The van der Waals surface area contributed by atoms with Crippen LogP contribution in [0, 0.1) is 0 Å². The fraction of sp³-hybridized carbons (Fsp3) is 0.0417. The number of hydrogen-bond donors (Lipinski definition) is 1. The van der Waals surface area contributed by atoms with Gasteiger partial charge in [-0.1, -0.05) is 51.8 Å². The second kappa shape index (κ2) is 8.50. The number of sulfone groups is 1. The summed E-state index contributed by atoms with van der Waals surface area (Å²) in [5.74, 6) is 0. The van der Waals surface area contributed by atoms with E-state index in [1.807, 2.05) is 36.4 Å². The van der Waals surface area contributed by atoms with Crippen molar-refractivity contribution >= 4 is 48.4 Å². The highest BCUT2D eigenvalue weighted by Crippen LogP contribution is 2.40. The van der Waals surface area contributed by atoms with Crippen LogP contribution in [0.4, 0.5) is 0 Å². The van der Waals surface area contributed by atoms with Crippen LogP contribution in [-0.4, -0.2) is 34.4 Å². The van der Waals surface area contributed by atoms with Gasteiger partial charge in [0.05, 0.1) is 23.1 Å². The molecule has 0 atom stereocenters. The van der Waals surface area contributed by atoms with E-state index in [0.29, 0.717) is 27.3 Å². The zero-order chi connectivity index (χ0) is 24.0. The first kappa shape index (κ1) is 22.5. The molecule has 0 spiro atoms. The number of fused-ring (bicyclic) bond motifs is 1. The summed E-state index contributed by atoms with van der Waals surface area (Å²) in [7, 11) is -3.59. The number of nitrogens with zero attached hydrogens (tertiary/aromatic N) is 3. The Balaban J connectivity index is 1.95. The highest BCUT2D eigenvalue weighted by atomic mass is 79.9. The standard InChI is InChI=1S/C24H16BrClN4O3S/c1-34(32,33)18-10-19(14-4-8-17(26)9-5-14)22(15-2-6-16(25)7-3-15)21(11-18)30-23-20(12-29-30)24(31)28-13-27-23/h2-13H,1H3,(H,27,28,31). The molecule has 10 heteroatoms. The summed E-state index contributed by atoms with van der Waals surface area (Å²) in [4.78, 5) is 19.3. The quantitative estimate of drug-likeness (QED) is 0.326. The smallest absolute Gasteiger partial charge is 0.261 e. The third kappa shape index (κ3) is 4.06. The largest absolute Gasteiger partial charge is 0.312 e. The Labute approximate surface area is 208 Å². The number of halogens is 2. The Kier molecular flexibility index (Phi) is 5.63. The number of benzene rings is 3. The van der Waals surface area contributed by atoms with E-state index < -0.39 is 9.84 Å². The van der Waals surface area contributed by atoms with Crippen LogP contribution < -0.4 is 5.56 Å². The van der Waals surface area contributed by atoms with Gasteiger partial charge in [-0.05, 0) is 53.1 Å². The minimum atomic E-state index is -3.59. The molecule has 170 valence electrons. The number of aromatic nitrogens is 4. The second-order valence-electron chi connectivity index (χ2n) is 7.68. The molecule has 5 rings (SSSR count). The minimum absolute atomic E-state index is 0.113. The van der Waals surface area contributed by atoms with Gasteiger partial charge in [0.15, 0.2) is 15.5 Å². The predicted octanol–water partition coefficient (Wildman–Crippen LogP) is 5.26. The van der Waals surface area contributed by atoms with Crippen molar-refractivity contribution in [2.75, 3.05) is 6.26 Å². The first-order valence-electron chi connectivity index (χ1n) is 10.0. The number of H-pyrrole nitrogens is 1. The van der Waals surface area contributed by atoms with E-state index in [2.05, 4.69) is 31.0 Å². The molecule has 0 amide bonds. The Morgan fingerprint density at radius 1 is 1.00 bits per heavy atom. The Morgan fingerprint density at radius 3 is 2.35 bits per heavy atom. The second-order valence-corrected chi connectivity index (χ2v) is 11.0. The maximum atomic E-state index is 12.7. The number of aromatic amines is 1. The molecule has 34 heavy (non-hydrogen) atoms. The third-order valence-electron chi connectivity index (χ3n) is 5.41. The van der Waals surface area contributed by atoms with Crippen LogP contribution in [0.25, 0.3) is 39.0 Å². The van der Waals surface area contributed by atoms with E-state index in [1.54, 1.807) is 24.3 Å². The van der Waals surface area contributed by atoms with Gasteiger partial charge in [0, 0.05) is 21.3 Å². The van der Waals surface area contributed by atoms with Crippen LogP contribution in [-0.2, 0) is 9.84 Å². The van der Waals surface area contributed by atoms with E-state index in [4.69, 9.17) is 11.6 Å². The maximum absolute atomic E-state index is 12.7. The molecule has 7 nitrogen and oxygen atoms in total. The molecular weight excluding hydrogens is 540 g/mol. The van der Waals surface area contributed by atoms with E-state index in [-0.39, 0.29) is 10.5 Å². The molecule has 0 aliphatic rings. The monoisotopic (exact) mass is 554 g/mol. The fourth-order valence-corrected chi connectivity index (χ4v) is 4.84. The van der Waals surface area contributed by atoms with Gasteiger partial charge in [-0.25, -0.2) is 18.1 Å². The lowest BCUT2D eigenvalue weighted by molar-refractivity contribution is 0.602. The van der Waals surface area contributed by atoms with E-state index in [9.17, 15) is 13.2 Å². The van der Waals surface area contributed by atoms with Crippen LogP contribution in [0.2, 0.25) is 5.02 Å². The minimum Gasteiger partial charge on any atom is -0.312 e. The molecule has 0 saturated carbocycles. The zero-order valence-electron chi connectivity index (χ0n) is 17.7. The van der Waals surface area contributed by atoms with Crippen molar-refractivity contribution in [3.8, 4) is 27.9 Å². The number of nitrogens with one attached hydrogen (secondary N) is 1. The van der Waals surface area contributed by atoms with Gasteiger partial charge in [-0.3, -0.25) is 4.79 Å². The van der Waals surface area contributed by atoms with Gasteiger partial charge in [-0.15, -0.1) is 0 Å². The molecule has 3 aromatic carbocycles. The first-order chi connectivity index (χ1) is 16.2. The van der Waals surface area contributed by atoms with Crippen molar-refractivity contribution in [3.05, 3.63) is 93.0 Å². The summed E-state index contributed by atoms with van der Waals surface area (Å²) in [5, 5.41) is 5.27. The third-order valence-corrected chi connectivity index (χ3v) is 7.28. The summed E-state index contributed by atoms with van der Waals surface area (Å²) < 4.78 is 27.7. The van der Waals surface area contributed by atoms with Crippen molar-refractivity contribution in [1.82, 2.24) is 19.7 Å². The molecule has 0 fully saturated rings. The van der Waals surface area contributed by atoms with Crippen molar-refractivity contribution < 1.29 is 8.42 Å². The van der Waals surface area contributed by atoms with Crippen LogP contribution >= 0.6 is 27.5 Å². The molecular formula is C24H16BrClN4O3S. The Bertz CT molecular complexity index is 1710. The van der Waals surface area contributed by atoms with Gasteiger partial charge in [-0.2, -0.15) is 5.10 Å². The average molecular weight is 556 g/mol. The van der Waals surface area contributed by atoms with Gasteiger partial charge < -0.3 is 4.98 Å². The summed E-state index contributed by atoms with van der Waals surface area (Å²) in [6, 6.07) is 18.0. The first-order valence-corrected chi connectivity index (χ1v) is 13.1. The van der Waals surface area contributed by atoms with Crippen molar-refractivity contribution in [2.24, 2.45) is 0 Å². The number of hydrogen-bond acceptors (Lipinski definition) is 5. The van der Waals surface area contributed by atoms with E-state index in [1.165, 1.54) is 17.2 Å². The molecule has 0 bridgehead atoms. The Hall–Kier alpha value is -3.27. The lowest BCUT2D eigenvalue weighted by atomic mass is 9.93. The summed E-state index contributed by atoms with van der Waals surface area (Å²) in [6.07, 6.45) is 3.87. The van der Waals surface area contributed by atoms with Gasteiger partial charge in [0.1, 0.15) is 5.39 Å². The van der Waals surface area contributed by atoms with Gasteiger partial charge >= 0.3 is 0 Å². The Morgan fingerprint density at radius 2 is 1.68 bits per heavy atom. The van der Waals surface area contributed by atoms with Crippen molar-refractivity contribution in [2.45, 2.75) is 4.90 Å². The molecule has 1 N–H and O–H groups in total. The lowest BCUT2D eigenvalue weighted by Gasteiger charge is -2.18. The molecule has 0 radical (unpaired) electrons. The van der Waals surface area contributed by atoms with Crippen LogP contribution in [0.5, 0.6) is 0 Å². The van der Waals surface area contributed by atoms with Crippen LogP contribution in [0.3, 0.4) is 0 Å². The molecule has 2 aromatic heterocycles. The topological polar surface area (TPSA) is 97.7 Å². The molecule has 0 aliphatic heterocycles.